The highest BCUT2D eigenvalue weighted by atomic mass is 16.1. The van der Waals surface area contributed by atoms with Gasteiger partial charge in [0, 0.05) is 22.0 Å². The quantitative estimate of drug-likeness (QED) is 0.195. The lowest BCUT2D eigenvalue weighted by atomic mass is 9.82. The van der Waals surface area contributed by atoms with Crippen molar-refractivity contribution in [3.8, 4) is 44.5 Å². The van der Waals surface area contributed by atoms with Crippen molar-refractivity contribution >= 4 is 5.78 Å². The first kappa shape index (κ1) is 27.3. The summed E-state index contributed by atoms with van der Waals surface area (Å²) in [6, 6.07) is 44.2. The van der Waals surface area contributed by atoms with E-state index in [1.165, 1.54) is 44.5 Å². The van der Waals surface area contributed by atoms with E-state index in [0.717, 1.165) is 57.3 Å². The van der Waals surface area contributed by atoms with E-state index in [2.05, 4.69) is 149 Å². The molecule has 9 rings (SSSR count). The lowest BCUT2D eigenvalue weighted by Crippen LogP contribution is -2.14. The molecule has 0 heterocycles. The molecule has 0 amide bonds. The van der Waals surface area contributed by atoms with E-state index < -0.39 is 0 Å². The summed E-state index contributed by atoms with van der Waals surface area (Å²) < 4.78 is 0. The van der Waals surface area contributed by atoms with Gasteiger partial charge in [-0.1, -0.05) is 125 Å². The monoisotopic (exact) mass is 592 g/mol. The van der Waals surface area contributed by atoms with Crippen LogP contribution in [0, 0.1) is 0 Å². The van der Waals surface area contributed by atoms with Crippen molar-refractivity contribution in [3.63, 3.8) is 0 Å². The van der Waals surface area contributed by atoms with E-state index in [1.54, 1.807) is 0 Å². The lowest BCUT2D eigenvalue weighted by molar-refractivity contribution is 0.103. The molecule has 0 atom stereocenters. The summed E-state index contributed by atoms with van der Waals surface area (Å²) in [7, 11) is 0. The molecule has 0 spiro atoms. The van der Waals surface area contributed by atoms with Gasteiger partial charge >= 0.3 is 0 Å². The zero-order chi connectivity index (χ0) is 31.4. The molecule has 46 heavy (non-hydrogen) atoms. The highest BCUT2D eigenvalue weighted by molar-refractivity contribution is 6.12. The Kier molecular flexibility index (Phi) is 5.64. The number of hydrogen-bond donors (Lipinski definition) is 0. The van der Waals surface area contributed by atoms with Crippen LogP contribution in [-0.2, 0) is 23.7 Å². The number of fused-ring (bicyclic) bond motifs is 8. The van der Waals surface area contributed by atoms with Gasteiger partial charge in [-0.25, -0.2) is 0 Å². The molecule has 0 aliphatic heterocycles. The minimum Gasteiger partial charge on any atom is -0.289 e. The van der Waals surface area contributed by atoms with Crippen molar-refractivity contribution in [1.82, 2.24) is 0 Å². The summed E-state index contributed by atoms with van der Waals surface area (Å²) in [5.74, 6) is 0.131. The van der Waals surface area contributed by atoms with Crippen molar-refractivity contribution in [1.29, 1.82) is 0 Å². The normalized spacial score (nSPS) is 16.0. The first-order chi connectivity index (χ1) is 22.2. The first-order valence-corrected chi connectivity index (χ1v) is 16.5. The molecule has 6 aromatic carbocycles. The van der Waals surface area contributed by atoms with Gasteiger partial charge in [-0.2, -0.15) is 0 Å². The van der Waals surface area contributed by atoms with Crippen LogP contribution in [0.25, 0.3) is 44.5 Å². The summed E-state index contributed by atoms with van der Waals surface area (Å²) in [4.78, 5) is 14.4. The third-order valence-electron chi connectivity index (χ3n) is 11.2. The van der Waals surface area contributed by atoms with Crippen LogP contribution in [0.1, 0.15) is 77.0 Å². The second kappa shape index (κ2) is 9.50. The van der Waals surface area contributed by atoms with E-state index in [-0.39, 0.29) is 16.6 Å². The minimum absolute atomic E-state index is 0.0198. The van der Waals surface area contributed by atoms with Crippen LogP contribution in [0.2, 0.25) is 0 Å². The Bertz CT molecular complexity index is 2120. The number of carbonyl (C=O) groups excluding carboxylic acids is 1. The third kappa shape index (κ3) is 3.78. The number of rotatable bonds is 2. The highest BCUT2D eigenvalue weighted by Gasteiger charge is 2.36. The standard InChI is InChI=1S/C45H36O/c1-44(2)39-11-7-5-9-33(39)37-25-31(19-21-41(37)44)29-17-15-27-13-14-28-16-18-30(24-36(28)43(46)35(27)23-29)32-20-22-42-38(26-32)34-10-6-8-12-40(34)45(42,3)4/h5-12,15-26H,13-14H2,1-4H3. The summed E-state index contributed by atoms with van der Waals surface area (Å²) in [5, 5.41) is 0. The van der Waals surface area contributed by atoms with E-state index in [4.69, 9.17) is 0 Å². The fourth-order valence-corrected chi connectivity index (χ4v) is 8.58. The van der Waals surface area contributed by atoms with E-state index in [1.807, 2.05) is 0 Å². The maximum atomic E-state index is 14.4. The van der Waals surface area contributed by atoms with Crippen molar-refractivity contribution < 1.29 is 4.79 Å². The molecular formula is C45H36O. The first-order valence-electron chi connectivity index (χ1n) is 16.5. The predicted octanol–water partition coefficient (Wildman–Crippen LogP) is 11.0. The Morgan fingerprint density at radius 2 is 0.739 bits per heavy atom. The van der Waals surface area contributed by atoms with Gasteiger partial charge in [-0.05, 0) is 115 Å². The number of aryl methyl sites for hydroxylation is 2. The molecule has 3 aliphatic rings. The van der Waals surface area contributed by atoms with Crippen molar-refractivity contribution in [3.05, 3.63) is 166 Å². The average Bonchev–Trinajstić information content (AvgIpc) is 3.39. The fourth-order valence-electron chi connectivity index (χ4n) is 8.58. The molecular weight excluding hydrogens is 556 g/mol. The largest absolute Gasteiger partial charge is 0.289 e. The molecule has 0 N–H and O–H groups in total. The van der Waals surface area contributed by atoms with E-state index in [0.29, 0.717) is 0 Å². The van der Waals surface area contributed by atoms with Gasteiger partial charge < -0.3 is 0 Å². The molecule has 0 saturated heterocycles. The molecule has 1 heteroatoms. The van der Waals surface area contributed by atoms with Crippen LogP contribution in [0.4, 0.5) is 0 Å². The van der Waals surface area contributed by atoms with Crippen LogP contribution >= 0.6 is 0 Å². The Morgan fingerprint density at radius 1 is 0.391 bits per heavy atom. The molecule has 0 unspecified atom stereocenters. The molecule has 0 aromatic heterocycles. The van der Waals surface area contributed by atoms with Gasteiger partial charge in [0.15, 0.2) is 5.78 Å². The Labute approximate surface area is 271 Å². The summed E-state index contributed by atoms with van der Waals surface area (Å²) in [6.45, 7) is 9.25. The molecule has 6 aromatic rings. The van der Waals surface area contributed by atoms with E-state index in [9.17, 15) is 4.79 Å². The Balaban J connectivity index is 1.10. The van der Waals surface area contributed by atoms with Gasteiger partial charge in [0.05, 0.1) is 0 Å². The zero-order valence-corrected chi connectivity index (χ0v) is 26.9. The maximum absolute atomic E-state index is 14.4. The number of ketones is 1. The summed E-state index contributed by atoms with van der Waals surface area (Å²) in [6.07, 6.45) is 1.73. The van der Waals surface area contributed by atoms with Gasteiger partial charge in [0.2, 0.25) is 0 Å². The van der Waals surface area contributed by atoms with Crippen molar-refractivity contribution in [2.24, 2.45) is 0 Å². The second-order valence-electron chi connectivity index (χ2n) is 14.4. The molecule has 0 radical (unpaired) electrons. The number of hydrogen-bond acceptors (Lipinski definition) is 1. The van der Waals surface area contributed by atoms with E-state index >= 15 is 0 Å². The van der Waals surface area contributed by atoms with Gasteiger partial charge in [0.1, 0.15) is 0 Å². The van der Waals surface area contributed by atoms with Crippen LogP contribution in [-0.4, -0.2) is 5.78 Å². The minimum atomic E-state index is -0.0198. The van der Waals surface area contributed by atoms with Crippen LogP contribution < -0.4 is 0 Å². The number of benzene rings is 6. The Hall–Kier alpha value is -5.01. The van der Waals surface area contributed by atoms with Crippen molar-refractivity contribution in [2.45, 2.75) is 51.4 Å². The molecule has 0 saturated carbocycles. The topological polar surface area (TPSA) is 17.1 Å². The summed E-state index contributed by atoms with van der Waals surface area (Å²) in [5.41, 5.74) is 19.1. The van der Waals surface area contributed by atoms with Gasteiger partial charge in [-0.3, -0.25) is 4.79 Å². The van der Waals surface area contributed by atoms with Crippen LogP contribution in [0.5, 0.6) is 0 Å². The smallest absolute Gasteiger partial charge is 0.193 e. The van der Waals surface area contributed by atoms with Gasteiger partial charge in [0.25, 0.3) is 0 Å². The highest BCUT2D eigenvalue weighted by Crippen LogP contribution is 2.51. The lowest BCUT2D eigenvalue weighted by Gasteiger charge is -2.21. The molecule has 1 nitrogen and oxygen atoms in total. The van der Waals surface area contributed by atoms with Crippen molar-refractivity contribution in [2.75, 3.05) is 0 Å². The average molecular weight is 593 g/mol. The van der Waals surface area contributed by atoms with Gasteiger partial charge in [-0.15, -0.1) is 0 Å². The molecule has 0 bridgehead atoms. The predicted molar refractivity (Wildman–Crippen MR) is 190 cm³/mol. The third-order valence-corrected chi connectivity index (χ3v) is 11.2. The SMILES string of the molecule is CC1(C)c2ccccc2-c2cc(-c3ccc4c(c3)C(=O)c3cc(-c5ccc6c(c5)-c5ccccc5C6(C)C)ccc3CC4)ccc21. The molecule has 0 fully saturated rings. The molecule has 222 valence electrons. The number of carbonyl (C=O) groups is 1. The fraction of sp³-hybridized carbons (Fsp3) is 0.178. The van der Waals surface area contributed by atoms with Crippen LogP contribution in [0.15, 0.2) is 121 Å². The summed E-state index contributed by atoms with van der Waals surface area (Å²) >= 11 is 0. The molecule has 3 aliphatic carbocycles. The zero-order valence-electron chi connectivity index (χ0n) is 26.9. The second-order valence-corrected chi connectivity index (χ2v) is 14.4. The van der Waals surface area contributed by atoms with Crippen LogP contribution in [0.3, 0.4) is 0 Å². The Morgan fingerprint density at radius 3 is 1.17 bits per heavy atom. The maximum Gasteiger partial charge on any atom is 0.193 e.